The van der Waals surface area contributed by atoms with Crippen molar-refractivity contribution in [2.45, 2.75) is 71.8 Å². The van der Waals surface area contributed by atoms with E-state index >= 15 is 0 Å². The van der Waals surface area contributed by atoms with Crippen LogP contribution in [0.4, 0.5) is 10.5 Å². The van der Waals surface area contributed by atoms with E-state index in [1.165, 1.54) is 31.4 Å². The monoisotopic (exact) mass is 569 g/mol. The van der Waals surface area contributed by atoms with Crippen LogP contribution in [0.25, 0.3) is 0 Å². The molecule has 0 heterocycles. The first kappa shape index (κ1) is 32.8. The summed E-state index contributed by atoms with van der Waals surface area (Å²) in [6, 6.07) is 12.7. The molecule has 3 N–H and O–H groups in total. The van der Waals surface area contributed by atoms with Gasteiger partial charge in [0.2, 0.25) is 11.8 Å². The second kappa shape index (κ2) is 15.4. The molecule has 3 amide bonds. The number of carbonyl (C=O) groups is 5. The van der Waals surface area contributed by atoms with Gasteiger partial charge >= 0.3 is 18.0 Å². The lowest BCUT2D eigenvalue weighted by Gasteiger charge is -2.25. The van der Waals surface area contributed by atoms with Gasteiger partial charge < -0.3 is 30.2 Å². The van der Waals surface area contributed by atoms with E-state index in [1.54, 1.807) is 45.0 Å². The maximum atomic E-state index is 13.3. The number of esters is 2. The van der Waals surface area contributed by atoms with Crippen molar-refractivity contribution in [2.75, 3.05) is 12.4 Å². The first-order valence-corrected chi connectivity index (χ1v) is 13.3. The number of anilines is 1. The summed E-state index contributed by atoms with van der Waals surface area (Å²) >= 11 is 0. The van der Waals surface area contributed by atoms with Gasteiger partial charge in [-0.25, -0.2) is 9.59 Å². The van der Waals surface area contributed by atoms with Crippen LogP contribution in [0.15, 0.2) is 54.6 Å². The summed E-state index contributed by atoms with van der Waals surface area (Å²) in [5.74, 6) is -2.49. The van der Waals surface area contributed by atoms with Crippen LogP contribution in [-0.2, 0) is 35.2 Å². The molecular weight excluding hydrogens is 530 g/mol. The van der Waals surface area contributed by atoms with Crippen LogP contribution in [0.3, 0.4) is 0 Å². The molecule has 0 aliphatic rings. The highest BCUT2D eigenvalue weighted by molar-refractivity contribution is 5.99. The molecule has 0 saturated heterocycles. The number of carbonyl (C=O) groups excluding carboxylic acids is 5. The Bertz CT molecular complexity index is 1190. The lowest BCUT2D eigenvalue weighted by atomic mass is 10.0. The fraction of sp³-hybridized carbons (Fsp3) is 0.433. The van der Waals surface area contributed by atoms with Crippen LogP contribution in [0.2, 0.25) is 0 Å². The summed E-state index contributed by atoms with van der Waals surface area (Å²) in [6.07, 6.45) is -1.11. The minimum atomic E-state index is -1.37. The molecule has 2 aromatic rings. The maximum Gasteiger partial charge on any atom is 0.408 e. The molecule has 2 atom stereocenters. The van der Waals surface area contributed by atoms with E-state index in [0.717, 1.165) is 5.56 Å². The number of benzene rings is 2. The van der Waals surface area contributed by atoms with Crippen LogP contribution < -0.4 is 16.0 Å². The van der Waals surface area contributed by atoms with Gasteiger partial charge in [-0.05, 0) is 62.9 Å². The van der Waals surface area contributed by atoms with Gasteiger partial charge in [0.05, 0.1) is 19.1 Å². The van der Waals surface area contributed by atoms with Gasteiger partial charge in [-0.3, -0.25) is 14.4 Å². The molecule has 11 nitrogen and oxygen atoms in total. The smallest absolute Gasteiger partial charge is 0.408 e. The van der Waals surface area contributed by atoms with Gasteiger partial charge in [-0.15, -0.1) is 0 Å². The van der Waals surface area contributed by atoms with Crippen molar-refractivity contribution < 1.29 is 38.2 Å². The predicted octanol–water partition coefficient (Wildman–Crippen LogP) is 3.97. The molecule has 222 valence electrons. The second-order valence-corrected chi connectivity index (χ2v) is 10.8. The van der Waals surface area contributed by atoms with Crippen LogP contribution in [0.5, 0.6) is 0 Å². The zero-order valence-corrected chi connectivity index (χ0v) is 24.3. The Hall–Kier alpha value is -4.41. The number of rotatable bonds is 12. The van der Waals surface area contributed by atoms with Crippen molar-refractivity contribution >= 4 is 35.5 Å². The highest BCUT2D eigenvalue weighted by atomic mass is 16.6. The molecule has 0 aliphatic carbocycles. The van der Waals surface area contributed by atoms with Gasteiger partial charge in [0.15, 0.2) is 0 Å². The molecule has 11 heteroatoms. The number of hydrogen-bond acceptors (Lipinski definition) is 8. The molecule has 0 radical (unpaired) electrons. The normalized spacial score (nSPS) is 12.5. The van der Waals surface area contributed by atoms with Crippen molar-refractivity contribution in [1.82, 2.24) is 10.6 Å². The summed E-state index contributed by atoms with van der Waals surface area (Å²) in [4.78, 5) is 63.3. The Morgan fingerprint density at radius 3 is 2.02 bits per heavy atom. The van der Waals surface area contributed by atoms with Gasteiger partial charge in [-0.1, -0.05) is 44.2 Å². The lowest BCUT2D eigenvalue weighted by Crippen LogP contribution is -2.54. The Morgan fingerprint density at radius 2 is 1.46 bits per heavy atom. The third-order valence-corrected chi connectivity index (χ3v) is 5.53. The molecule has 0 bridgehead atoms. The number of methoxy groups -OCH3 is 1. The number of alkyl carbamates (subject to hydrolysis) is 1. The quantitative estimate of drug-likeness (QED) is 0.257. The topological polar surface area (TPSA) is 149 Å². The number of amides is 3. The molecule has 0 spiro atoms. The molecule has 2 aromatic carbocycles. The SMILES string of the molecule is COC(=O)c1ccc(NC(=O)C(CC(C)C)NC(=O)C(CC(=O)OCc2ccccc2)NC(=O)OC(C)(C)C)cc1. The van der Waals surface area contributed by atoms with E-state index in [-0.39, 0.29) is 18.9 Å². The summed E-state index contributed by atoms with van der Waals surface area (Å²) in [5, 5.41) is 7.79. The largest absolute Gasteiger partial charge is 0.465 e. The average molecular weight is 570 g/mol. The molecule has 41 heavy (non-hydrogen) atoms. The zero-order chi connectivity index (χ0) is 30.6. The Kier molecular flexibility index (Phi) is 12.3. The summed E-state index contributed by atoms with van der Waals surface area (Å²) < 4.78 is 15.2. The van der Waals surface area contributed by atoms with E-state index in [9.17, 15) is 24.0 Å². The van der Waals surface area contributed by atoms with Crippen LogP contribution in [0.1, 0.15) is 63.4 Å². The fourth-order valence-corrected chi connectivity index (χ4v) is 3.63. The van der Waals surface area contributed by atoms with Gasteiger partial charge in [0, 0.05) is 5.69 Å². The number of ether oxygens (including phenoxy) is 3. The standard InChI is InChI=1S/C30H39N3O8/c1-19(2)16-23(26(35)31-22-14-12-21(13-15-22)28(37)39-6)32-27(36)24(33-29(38)41-30(3,4)5)17-25(34)40-18-20-10-8-7-9-11-20/h7-15,19,23-24H,16-18H2,1-6H3,(H,31,35)(H,32,36)(H,33,38). The highest BCUT2D eigenvalue weighted by Gasteiger charge is 2.31. The minimum Gasteiger partial charge on any atom is -0.465 e. The Morgan fingerprint density at radius 1 is 0.829 bits per heavy atom. The zero-order valence-electron chi connectivity index (χ0n) is 24.3. The first-order chi connectivity index (χ1) is 19.3. The van der Waals surface area contributed by atoms with Crippen LogP contribution >= 0.6 is 0 Å². The van der Waals surface area contributed by atoms with Gasteiger partial charge in [0.1, 0.15) is 24.3 Å². The summed E-state index contributed by atoms with van der Waals surface area (Å²) in [7, 11) is 1.27. The van der Waals surface area contributed by atoms with Crippen LogP contribution in [-0.4, -0.2) is 54.6 Å². The van der Waals surface area contributed by atoms with E-state index in [4.69, 9.17) is 9.47 Å². The third-order valence-electron chi connectivity index (χ3n) is 5.53. The average Bonchev–Trinajstić information content (AvgIpc) is 2.90. The summed E-state index contributed by atoms with van der Waals surface area (Å²) in [6.45, 7) is 8.75. The summed E-state index contributed by atoms with van der Waals surface area (Å²) in [5.41, 5.74) is 0.629. The molecular formula is C30H39N3O8. The van der Waals surface area contributed by atoms with E-state index in [0.29, 0.717) is 11.3 Å². The van der Waals surface area contributed by atoms with Crippen molar-refractivity contribution in [3.05, 3.63) is 65.7 Å². The molecule has 0 fully saturated rings. The maximum absolute atomic E-state index is 13.3. The van der Waals surface area contributed by atoms with Gasteiger partial charge in [-0.2, -0.15) is 0 Å². The van der Waals surface area contributed by atoms with Gasteiger partial charge in [0.25, 0.3) is 0 Å². The van der Waals surface area contributed by atoms with E-state index in [1.807, 2.05) is 19.9 Å². The van der Waals surface area contributed by atoms with Crippen molar-refractivity contribution in [1.29, 1.82) is 0 Å². The first-order valence-electron chi connectivity index (χ1n) is 13.3. The molecule has 0 saturated carbocycles. The Labute approximate surface area is 240 Å². The van der Waals surface area contributed by atoms with Crippen LogP contribution in [0, 0.1) is 5.92 Å². The van der Waals surface area contributed by atoms with Crippen molar-refractivity contribution in [3.63, 3.8) is 0 Å². The van der Waals surface area contributed by atoms with Crippen molar-refractivity contribution in [2.24, 2.45) is 5.92 Å². The molecule has 0 aromatic heterocycles. The lowest BCUT2D eigenvalue weighted by molar-refractivity contribution is -0.147. The second-order valence-electron chi connectivity index (χ2n) is 10.8. The van der Waals surface area contributed by atoms with Crippen molar-refractivity contribution in [3.8, 4) is 0 Å². The molecule has 2 unspecified atom stereocenters. The van der Waals surface area contributed by atoms with E-state index < -0.39 is 54.0 Å². The fourth-order valence-electron chi connectivity index (χ4n) is 3.63. The minimum absolute atomic E-state index is 0.00635. The number of nitrogens with one attached hydrogen (secondary N) is 3. The third kappa shape index (κ3) is 12.1. The predicted molar refractivity (Wildman–Crippen MR) is 152 cm³/mol. The molecule has 2 rings (SSSR count). The van der Waals surface area contributed by atoms with E-state index in [2.05, 4.69) is 20.7 Å². The number of hydrogen-bond donors (Lipinski definition) is 3. The highest BCUT2D eigenvalue weighted by Crippen LogP contribution is 2.14. The Balaban J connectivity index is 2.16. The molecule has 0 aliphatic heterocycles.